The van der Waals surface area contributed by atoms with Gasteiger partial charge in [0.2, 0.25) is 0 Å². The molecule has 116 valence electrons. The van der Waals surface area contributed by atoms with Gasteiger partial charge in [0.15, 0.2) is 0 Å². The van der Waals surface area contributed by atoms with E-state index in [1.165, 1.54) is 0 Å². The van der Waals surface area contributed by atoms with E-state index in [-0.39, 0.29) is 19.1 Å². The number of carbonyl (C=O) groups excluding carboxylic acids is 2. The third kappa shape index (κ3) is 5.41. The minimum Gasteiger partial charge on any atom is -0.481 e. The molecule has 1 aliphatic rings. The normalized spacial score (nSPS) is 22.1. The van der Waals surface area contributed by atoms with Crippen molar-refractivity contribution in [1.82, 2.24) is 0 Å². The minimum absolute atomic E-state index is 0.0694. The summed E-state index contributed by atoms with van der Waals surface area (Å²) in [5.41, 5.74) is 0. The second kappa shape index (κ2) is 8.24. The van der Waals surface area contributed by atoms with Gasteiger partial charge in [-0.3, -0.25) is 9.59 Å². The Morgan fingerprint density at radius 2 is 2.05 bits per heavy atom. The summed E-state index contributed by atoms with van der Waals surface area (Å²) >= 11 is 0. The molecule has 0 fully saturated rings. The highest BCUT2D eigenvalue weighted by Crippen LogP contribution is 2.26. The van der Waals surface area contributed by atoms with E-state index in [0.717, 1.165) is 6.08 Å². The Morgan fingerprint density at radius 1 is 1.38 bits per heavy atom. The fourth-order valence-electron chi connectivity index (χ4n) is 2.00. The zero-order valence-electron chi connectivity index (χ0n) is 12.0. The number of aliphatic carboxylic acids is 1. The lowest BCUT2D eigenvalue weighted by Gasteiger charge is -2.23. The molecule has 6 nitrogen and oxygen atoms in total. The van der Waals surface area contributed by atoms with E-state index in [4.69, 9.17) is 14.6 Å². The van der Waals surface area contributed by atoms with Crippen molar-refractivity contribution in [2.75, 3.05) is 13.2 Å². The highest BCUT2D eigenvalue weighted by Gasteiger charge is 2.34. The summed E-state index contributed by atoms with van der Waals surface area (Å²) in [4.78, 5) is 34.0. The third-order valence-electron chi connectivity index (χ3n) is 3.20. The van der Waals surface area contributed by atoms with Gasteiger partial charge in [-0.25, -0.2) is 4.79 Å². The van der Waals surface area contributed by atoms with E-state index >= 15 is 0 Å². The molecule has 1 N–H and O–H groups in total. The van der Waals surface area contributed by atoms with Gasteiger partial charge in [0, 0.05) is 12.0 Å². The molecule has 0 aromatic heterocycles. The number of ether oxygens (including phenoxy) is 2. The van der Waals surface area contributed by atoms with E-state index in [0.29, 0.717) is 12.8 Å². The monoisotopic (exact) mass is 296 g/mol. The summed E-state index contributed by atoms with van der Waals surface area (Å²) in [7, 11) is 0. The first-order valence-electron chi connectivity index (χ1n) is 6.81. The smallest absolute Gasteiger partial charge is 0.330 e. The molecule has 1 rings (SSSR count). The molecule has 0 radical (unpaired) electrons. The maximum Gasteiger partial charge on any atom is 0.330 e. The van der Waals surface area contributed by atoms with Gasteiger partial charge in [0.25, 0.3) is 0 Å². The van der Waals surface area contributed by atoms with Crippen molar-refractivity contribution in [3.63, 3.8) is 0 Å². The lowest BCUT2D eigenvalue weighted by molar-refractivity contribution is -0.157. The van der Waals surface area contributed by atoms with Gasteiger partial charge >= 0.3 is 17.9 Å². The molecular formula is C15H20O6. The molecule has 0 spiro atoms. The first-order valence-corrected chi connectivity index (χ1v) is 6.81. The third-order valence-corrected chi connectivity index (χ3v) is 3.20. The Balaban J connectivity index is 2.43. The van der Waals surface area contributed by atoms with Crippen molar-refractivity contribution < 1.29 is 29.0 Å². The number of rotatable bonds is 7. The molecule has 21 heavy (non-hydrogen) atoms. The number of carboxylic acid groups (broad SMARTS) is 1. The van der Waals surface area contributed by atoms with Crippen molar-refractivity contribution in [2.45, 2.75) is 19.8 Å². The second-order valence-corrected chi connectivity index (χ2v) is 5.05. The molecule has 0 bridgehead atoms. The molecule has 0 aliphatic heterocycles. The summed E-state index contributed by atoms with van der Waals surface area (Å²) in [5.74, 6) is -3.74. The number of esters is 2. The zero-order valence-corrected chi connectivity index (χ0v) is 12.0. The Morgan fingerprint density at radius 3 is 2.67 bits per heavy atom. The van der Waals surface area contributed by atoms with Crippen LogP contribution in [-0.2, 0) is 23.9 Å². The van der Waals surface area contributed by atoms with Gasteiger partial charge in [0.05, 0.1) is 25.0 Å². The highest BCUT2D eigenvalue weighted by molar-refractivity contribution is 5.83. The minimum atomic E-state index is -0.991. The quantitative estimate of drug-likeness (QED) is 0.435. The summed E-state index contributed by atoms with van der Waals surface area (Å²) < 4.78 is 9.95. The van der Waals surface area contributed by atoms with Crippen LogP contribution < -0.4 is 0 Å². The predicted octanol–water partition coefficient (Wildman–Crippen LogP) is 1.56. The van der Waals surface area contributed by atoms with Gasteiger partial charge in [0.1, 0.15) is 0 Å². The average molecular weight is 296 g/mol. The van der Waals surface area contributed by atoms with Crippen molar-refractivity contribution >= 4 is 17.9 Å². The maximum absolute atomic E-state index is 12.0. The predicted molar refractivity (Wildman–Crippen MR) is 74.3 cm³/mol. The van der Waals surface area contributed by atoms with Crippen LogP contribution in [0.5, 0.6) is 0 Å². The molecule has 3 atom stereocenters. The molecular weight excluding hydrogens is 276 g/mol. The van der Waals surface area contributed by atoms with Crippen LogP contribution in [0.4, 0.5) is 0 Å². The lowest BCUT2D eigenvalue weighted by Crippen LogP contribution is -2.32. The SMILES string of the molecule is C=CC(=O)OCC(C)COC(=O)C1C=CCCC1C(=O)O. The molecule has 0 aromatic carbocycles. The number of allylic oxidation sites excluding steroid dienone is 1. The summed E-state index contributed by atoms with van der Waals surface area (Å²) in [6, 6.07) is 0. The largest absolute Gasteiger partial charge is 0.481 e. The van der Waals surface area contributed by atoms with Crippen LogP contribution in [0.1, 0.15) is 19.8 Å². The number of hydrogen-bond acceptors (Lipinski definition) is 5. The van der Waals surface area contributed by atoms with Crippen molar-refractivity contribution in [3.05, 3.63) is 24.8 Å². The fourth-order valence-corrected chi connectivity index (χ4v) is 2.00. The number of carboxylic acids is 1. The van der Waals surface area contributed by atoms with E-state index in [9.17, 15) is 14.4 Å². The average Bonchev–Trinajstić information content (AvgIpc) is 2.49. The summed E-state index contributed by atoms with van der Waals surface area (Å²) in [6.07, 6.45) is 5.52. The van der Waals surface area contributed by atoms with Gasteiger partial charge in [-0.15, -0.1) is 0 Å². The molecule has 0 saturated carbocycles. The van der Waals surface area contributed by atoms with E-state index < -0.39 is 29.7 Å². The standard InChI is InChI=1S/C15H20O6/c1-3-13(16)20-8-10(2)9-21-15(19)12-7-5-4-6-11(12)14(17)18/h3,5,7,10-12H,1,4,6,8-9H2,2H3,(H,17,18). The van der Waals surface area contributed by atoms with Crippen molar-refractivity contribution in [2.24, 2.45) is 17.8 Å². The van der Waals surface area contributed by atoms with Crippen LogP contribution in [0.15, 0.2) is 24.8 Å². The van der Waals surface area contributed by atoms with Gasteiger partial charge in [-0.1, -0.05) is 25.7 Å². The molecule has 0 saturated heterocycles. The first-order chi connectivity index (χ1) is 9.95. The second-order valence-electron chi connectivity index (χ2n) is 5.05. The topological polar surface area (TPSA) is 89.9 Å². The maximum atomic E-state index is 12.0. The van der Waals surface area contributed by atoms with Crippen molar-refractivity contribution in [3.8, 4) is 0 Å². The van der Waals surface area contributed by atoms with Crippen LogP contribution in [0.25, 0.3) is 0 Å². The van der Waals surface area contributed by atoms with E-state index in [1.54, 1.807) is 19.1 Å². The van der Waals surface area contributed by atoms with Crippen LogP contribution in [0.3, 0.4) is 0 Å². The molecule has 0 amide bonds. The Bertz CT molecular complexity index is 439. The van der Waals surface area contributed by atoms with E-state index in [2.05, 4.69) is 6.58 Å². The van der Waals surface area contributed by atoms with Gasteiger partial charge in [-0.2, -0.15) is 0 Å². The van der Waals surface area contributed by atoms with Crippen LogP contribution in [0.2, 0.25) is 0 Å². The molecule has 1 aliphatic carbocycles. The van der Waals surface area contributed by atoms with Crippen LogP contribution in [0, 0.1) is 17.8 Å². The zero-order chi connectivity index (χ0) is 15.8. The fraction of sp³-hybridized carbons (Fsp3) is 0.533. The Hall–Kier alpha value is -2.11. The summed E-state index contributed by atoms with van der Waals surface area (Å²) in [6.45, 7) is 5.22. The molecule has 0 aromatic rings. The van der Waals surface area contributed by atoms with Gasteiger partial charge < -0.3 is 14.6 Å². The van der Waals surface area contributed by atoms with Gasteiger partial charge in [-0.05, 0) is 12.8 Å². The van der Waals surface area contributed by atoms with Crippen LogP contribution in [-0.4, -0.2) is 36.2 Å². The number of hydrogen-bond donors (Lipinski definition) is 1. The Kier molecular flexibility index (Phi) is 6.65. The highest BCUT2D eigenvalue weighted by atomic mass is 16.5. The van der Waals surface area contributed by atoms with Crippen molar-refractivity contribution in [1.29, 1.82) is 0 Å². The summed E-state index contributed by atoms with van der Waals surface area (Å²) in [5, 5.41) is 9.10. The molecule has 6 heteroatoms. The Labute approximate surface area is 123 Å². The lowest BCUT2D eigenvalue weighted by atomic mass is 9.84. The van der Waals surface area contributed by atoms with E-state index in [1.807, 2.05) is 0 Å². The molecule has 3 unspecified atom stereocenters. The van der Waals surface area contributed by atoms with Crippen LogP contribution >= 0.6 is 0 Å². The number of carbonyl (C=O) groups is 3. The molecule has 0 heterocycles. The first kappa shape index (κ1) is 16.9.